The number of aromatic amines is 1. The Kier molecular flexibility index (Phi) is 5.15. The van der Waals surface area contributed by atoms with Gasteiger partial charge in [-0.1, -0.05) is 42.1 Å². The molecule has 7 nitrogen and oxygen atoms in total. The van der Waals surface area contributed by atoms with E-state index >= 15 is 0 Å². The zero-order valence-electron chi connectivity index (χ0n) is 13.2. The molecule has 3 aromatic rings. The molecule has 3 N–H and O–H groups in total. The van der Waals surface area contributed by atoms with E-state index in [1.165, 1.54) is 18.3 Å². The largest absolute Gasteiger partial charge is 0.301 e. The maximum absolute atomic E-state index is 12.5. The van der Waals surface area contributed by atoms with Crippen molar-refractivity contribution in [2.45, 2.75) is 12.1 Å². The normalized spacial score (nSPS) is 10.6. The summed E-state index contributed by atoms with van der Waals surface area (Å²) >= 11 is 2.47. The zero-order valence-corrected chi connectivity index (χ0v) is 14.8. The lowest BCUT2D eigenvalue weighted by Gasteiger charge is -2.04. The number of hydrogen-bond acceptors (Lipinski definition) is 6. The van der Waals surface area contributed by atoms with E-state index in [1.54, 1.807) is 0 Å². The number of benzene rings is 1. The molecule has 9 heteroatoms. The summed E-state index contributed by atoms with van der Waals surface area (Å²) in [5.74, 6) is -0.733. The second-order valence-electron chi connectivity index (χ2n) is 5.08. The summed E-state index contributed by atoms with van der Waals surface area (Å²) in [6.45, 7) is 1.29. The van der Waals surface area contributed by atoms with Crippen LogP contribution < -0.4 is 16.4 Å². The summed E-state index contributed by atoms with van der Waals surface area (Å²) < 4.78 is 0. The first-order valence-electron chi connectivity index (χ1n) is 7.30. The summed E-state index contributed by atoms with van der Waals surface area (Å²) in [6, 6.07) is 9.63. The molecule has 0 radical (unpaired) electrons. The number of thiophene rings is 1. The number of fused-ring (bicyclic) bond motifs is 1. The second-order valence-corrected chi connectivity index (χ2v) is 6.91. The minimum atomic E-state index is -0.390. The number of nitrogens with one attached hydrogen (secondary N) is 3. The third-order valence-electron chi connectivity index (χ3n) is 3.22. The summed E-state index contributed by atoms with van der Waals surface area (Å²) in [5, 5.41) is 2.81. The Balaban J connectivity index is 1.80. The van der Waals surface area contributed by atoms with Crippen molar-refractivity contribution in [3.05, 3.63) is 46.1 Å². The van der Waals surface area contributed by atoms with E-state index in [9.17, 15) is 14.4 Å². The van der Waals surface area contributed by atoms with Gasteiger partial charge in [-0.15, -0.1) is 11.3 Å². The molecule has 2 amide bonds. The van der Waals surface area contributed by atoms with Crippen molar-refractivity contribution in [3.63, 3.8) is 0 Å². The molecule has 0 aliphatic rings. The fourth-order valence-corrected chi connectivity index (χ4v) is 3.82. The Bertz CT molecular complexity index is 982. The number of hydrazine groups is 1. The van der Waals surface area contributed by atoms with Gasteiger partial charge in [-0.25, -0.2) is 4.98 Å². The molecule has 2 heterocycles. The molecule has 0 aliphatic carbocycles. The van der Waals surface area contributed by atoms with E-state index in [2.05, 4.69) is 20.8 Å². The second kappa shape index (κ2) is 7.49. The molecule has 0 fully saturated rings. The van der Waals surface area contributed by atoms with Crippen LogP contribution in [0.25, 0.3) is 21.3 Å². The highest BCUT2D eigenvalue weighted by atomic mass is 32.2. The van der Waals surface area contributed by atoms with Crippen LogP contribution >= 0.6 is 23.1 Å². The van der Waals surface area contributed by atoms with E-state index in [0.29, 0.717) is 15.4 Å². The van der Waals surface area contributed by atoms with Crippen LogP contribution in [0.15, 0.2) is 45.7 Å². The number of amides is 2. The highest BCUT2D eigenvalue weighted by Gasteiger charge is 2.13. The van der Waals surface area contributed by atoms with Crippen molar-refractivity contribution in [2.24, 2.45) is 0 Å². The molecule has 3 rings (SSSR count). The van der Waals surface area contributed by atoms with Gasteiger partial charge in [0.25, 0.3) is 5.56 Å². The molecule has 0 saturated heterocycles. The van der Waals surface area contributed by atoms with Crippen LogP contribution in [-0.2, 0) is 9.59 Å². The maximum atomic E-state index is 12.5. The van der Waals surface area contributed by atoms with Gasteiger partial charge in [-0.05, 0) is 5.56 Å². The van der Waals surface area contributed by atoms with Crippen LogP contribution in [0.5, 0.6) is 0 Å². The number of H-pyrrole nitrogens is 1. The molecular formula is C16H14N4O3S2. The van der Waals surface area contributed by atoms with Gasteiger partial charge in [-0.2, -0.15) is 0 Å². The van der Waals surface area contributed by atoms with E-state index in [4.69, 9.17) is 0 Å². The fourth-order valence-electron chi connectivity index (χ4n) is 2.16. The molecule has 0 spiro atoms. The number of rotatable bonds is 4. The molecule has 0 atom stereocenters. The summed E-state index contributed by atoms with van der Waals surface area (Å²) in [5.41, 5.74) is 6.01. The Morgan fingerprint density at radius 2 is 2.00 bits per heavy atom. The highest BCUT2D eigenvalue weighted by molar-refractivity contribution is 7.99. The van der Waals surface area contributed by atoms with Crippen LogP contribution in [0, 0.1) is 0 Å². The average Bonchev–Trinajstić information content (AvgIpc) is 3.03. The summed E-state index contributed by atoms with van der Waals surface area (Å²) in [4.78, 5) is 42.5. The molecular weight excluding hydrogens is 360 g/mol. The van der Waals surface area contributed by atoms with Gasteiger partial charge in [0, 0.05) is 17.9 Å². The summed E-state index contributed by atoms with van der Waals surface area (Å²) in [7, 11) is 0. The molecule has 1 aromatic carbocycles. The molecule has 0 bridgehead atoms. The van der Waals surface area contributed by atoms with E-state index < -0.39 is 0 Å². The Hall–Kier alpha value is -2.65. The van der Waals surface area contributed by atoms with Crippen molar-refractivity contribution in [1.82, 2.24) is 20.8 Å². The Labute approximate surface area is 150 Å². The Morgan fingerprint density at radius 3 is 2.72 bits per heavy atom. The SMILES string of the molecule is CC(=O)NNC(=O)CSc1nc2scc(-c3ccccc3)c2c(=O)[nH]1. The van der Waals surface area contributed by atoms with Crippen molar-refractivity contribution >= 4 is 45.1 Å². The lowest BCUT2D eigenvalue weighted by atomic mass is 10.1. The first-order chi connectivity index (χ1) is 12.0. The van der Waals surface area contributed by atoms with Crippen LogP contribution in [0.3, 0.4) is 0 Å². The summed E-state index contributed by atoms with van der Waals surface area (Å²) in [6.07, 6.45) is 0. The average molecular weight is 374 g/mol. The van der Waals surface area contributed by atoms with Gasteiger partial charge < -0.3 is 4.98 Å². The lowest BCUT2D eigenvalue weighted by molar-refractivity contribution is -0.126. The van der Waals surface area contributed by atoms with Gasteiger partial charge in [0.15, 0.2) is 5.16 Å². The van der Waals surface area contributed by atoms with Gasteiger partial charge in [0.1, 0.15) is 4.83 Å². The van der Waals surface area contributed by atoms with Crippen LogP contribution in [-0.4, -0.2) is 27.5 Å². The van der Waals surface area contributed by atoms with Crippen LogP contribution in [0.1, 0.15) is 6.92 Å². The van der Waals surface area contributed by atoms with Gasteiger partial charge in [0.2, 0.25) is 11.8 Å². The smallest absolute Gasteiger partial charge is 0.260 e. The van der Waals surface area contributed by atoms with Crippen LogP contribution in [0.4, 0.5) is 0 Å². The van der Waals surface area contributed by atoms with Gasteiger partial charge in [-0.3, -0.25) is 25.2 Å². The number of thioether (sulfide) groups is 1. The maximum Gasteiger partial charge on any atom is 0.260 e. The topological polar surface area (TPSA) is 104 Å². The zero-order chi connectivity index (χ0) is 17.8. The minimum absolute atomic E-state index is 0.0195. The van der Waals surface area contributed by atoms with Gasteiger partial charge >= 0.3 is 0 Å². The molecule has 25 heavy (non-hydrogen) atoms. The minimum Gasteiger partial charge on any atom is -0.301 e. The molecule has 2 aromatic heterocycles. The quantitative estimate of drug-likeness (QED) is 0.368. The molecule has 128 valence electrons. The number of carbonyl (C=O) groups excluding carboxylic acids is 2. The predicted molar refractivity (Wildman–Crippen MR) is 98.4 cm³/mol. The predicted octanol–water partition coefficient (Wildman–Crippen LogP) is 1.91. The third kappa shape index (κ3) is 4.06. The van der Waals surface area contributed by atoms with Crippen molar-refractivity contribution in [1.29, 1.82) is 0 Å². The number of carbonyl (C=O) groups is 2. The highest BCUT2D eigenvalue weighted by Crippen LogP contribution is 2.31. The van der Waals surface area contributed by atoms with Crippen molar-refractivity contribution in [2.75, 3.05) is 5.75 Å². The number of nitrogens with zero attached hydrogens (tertiary/aromatic N) is 1. The number of hydrogen-bond donors (Lipinski definition) is 3. The standard InChI is InChI=1S/C16H14N4O3S2/c1-9(21)19-20-12(22)8-25-16-17-14(23)13-11(7-24-15(13)18-16)10-5-3-2-4-6-10/h2-7H,8H2,1H3,(H,19,21)(H,20,22)(H,17,18,23). The fraction of sp³-hybridized carbons (Fsp3) is 0.125. The van der Waals surface area contributed by atoms with Crippen molar-refractivity contribution < 1.29 is 9.59 Å². The van der Waals surface area contributed by atoms with Crippen molar-refractivity contribution in [3.8, 4) is 11.1 Å². The van der Waals surface area contributed by atoms with E-state index in [0.717, 1.165) is 22.9 Å². The van der Waals surface area contributed by atoms with Crippen LogP contribution in [0.2, 0.25) is 0 Å². The Morgan fingerprint density at radius 1 is 1.24 bits per heavy atom. The number of aromatic nitrogens is 2. The monoisotopic (exact) mass is 374 g/mol. The lowest BCUT2D eigenvalue weighted by Crippen LogP contribution is -2.41. The first kappa shape index (κ1) is 17.2. The molecule has 0 aliphatic heterocycles. The molecule has 0 saturated carbocycles. The first-order valence-corrected chi connectivity index (χ1v) is 9.16. The van der Waals surface area contributed by atoms with Gasteiger partial charge in [0.05, 0.1) is 11.1 Å². The molecule has 0 unspecified atom stereocenters. The third-order valence-corrected chi connectivity index (χ3v) is 4.97. The van der Waals surface area contributed by atoms with E-state index in [-0.39, 0.29) is 23.1 Å². The van der Waals surface area contributed by atoms with E-state index in [1.807, 2.05) is 35.7 Å².